The largest absolute Gasteiger partial charge is 0.368 e. The SMILES string of the molecule is CN(Cc1ccc(C2=NCCN2)cc1)C(=O)CCCCN(C1CC1)S(=O)(=O)c1c(Cl)cccc1Cl. The van der Waals surface area contributed by atoms with E-state index < -0.39 is 10.0 Å². The Bertz CT molecular complexity index is 1180. The summed E-state index contributed by atoms with van der Waals surface area (Å²) in [5, 5.41) is 3.50. The van der Waals surface area contributed by atoms with Gasteiger partial charge in [-0.1, -0.05) is 53.5 Å². The van der Waals surface area contributed by atoms with Crippen molar-refractivity contribution in [2.24, 2.45) is 4.99 Å². The molecular weight excluding hydrogens is 507 g/mol. The first kappa shape index (κ1) is 25.9. The lowest BCUT2D eigenvalue weighted by molar-refractivity contribution is -0.130. The number of amidine groups is 1. The number of nitrogens with one attached hydrogen (secondary N) is 1. The van der Waals surface area contributed by atoms with Gasteiger partial charge in [0.2, 0.25) is 15.9 Å². The van der Waals surface area contributed by atoms with Crippen molar-refractivity contribution < 1.29 is 13.2 Å². The number of nitrogens with zero attached hydrogens (tertiary/aromatic N) is 3. The van der Waals surface area contributed by atoms with E-state index in [1.165, 1.54) is 16.4 Å². The number of hydrogen-bond acceptors (Lipinski definition) is 5. The Morgan fingerprint density at radius 1 is 1.09 bits per heavy atom. The fourth-order valence-electron chi connectivity index (χ4n) is 4.16. The minimum atomic E-state index is -3.81. The lowest BCUT2D eigenvalue weighted by Gasteiger charge is -2.23. The first-order chi connectivity index (χ1) is 16.8. The third kappa shape index (κ3) is 6.36. The van der Waals surface area contributed by atoms with E-state index in [9.17, 15) is 13.2 Å². The van der Waals surface area contributed by atoms with Crippen LogP contribution in [0.2, 0.25) is 10.0 Å². The second-order valence-electron chi connectivity index (χ2n) is 8.96. The van der Waals surface area contributed by atoms with Crippen LogP contribution < -0.4 is 5.32 Å². The number of sulfonamides is 1. The molecule has 0 spiro atoms. The van der Waals surface area contributed by atoms with E-state index in [0.29, 0.717) is 32.4 Å². The van der Waals surface area contributed by atoms with Gasteiger partial charge in [0.05, 0.1) is 16.6 Å². The van der Waals surface area contributed by atoms with E-state index in [4.69, 9.17) is 23.2 Å². The topological polar surface area (TPSA) is 82.1 Å². The Morgan fingerprint density at radius 3 is 2.37 bits per heavy atom. The second-order valence-corrected chi connectivity index (χ2v) is 11.6. The van der Waals surface area contributed by atoms with Gasteiger partial charge < -0.3 is 10.2 Å². The summed E-state index contributed by atoms with van der Waals surface area (Å²) in [4.78, 5) is 18.7. The summed E-state index contributed by atoms with van der Waals surface area (Å²) in [7, 11) is -2.01. The molecule has 0 bridgehead atoms. The van der Waals surface area contributed by atoms with Crippen molar-refractivity contribution in [3.05, 3.63) is 63.6 Å². The van der Waals surface area contributed by atoms with Crippen molar-refractivity contribution >= 4 is 45.0 Å². The zero-order chi connectivity index (χ0) is 25.0. The quantitative estimate of drug-likeness (QED) is 0.433. The second kappa shape index (κ2) is 11.3. The van der Waals surface area contributed by atoms with Gasteiger partial charge in [0.25, 0.3) is 0 Å². The molecule has 1 heterocycles. The monoisotopic (exact) mass is 536 g/mol. The van der Waals surface area contributed by atoms with E-state index in [2.05, 4.69) is 10.3 Å². The van der Waals surface area contributed by atoms with Gasteiger partial charge in [-0.15, -0.1) is 0 Å². The summed E-state index contributed by atoms with van der Waals surface area (Å²) >= 11 is 12.4. The molecular formula is C25H30Cl2N4O3S. The minimum absolute atomic E-state index is 0.0286. The first-order valence-electron chi connectivity index (χ1n) is 11.8. The number of rotatable bonds is 11. The fourth-order valence-corrected chi connectivity index (χ4v) is 6.98. The van der Waals surface area contributed by atoms with Crippen LogP contribution in [0.5, 0.6) is 0 Å². The van der Waals surface area contributed by atoms with Crippen molar-refractivity contribution in [3.8, 4) is 0 Å². The Morgan fingerprint density at radius 2 is 1.77 bits per heavy atom. The third-order valence-corrected chi connectivity index (χ3v) is 9.11. The summed E-state index contributed by atoms with van der Waals surface area (Å²) in [6.07, 6.45) is 3.20. The molecule has 2 aromatic rings. The summed E-state index contributed by atoms with van der Waals surface area (Å²) in [6.45, 7) is 2.52. The normalized spacial score (nSPS) is 15.7. The summed E-state index contributed by atoms with van der Waals surface area (Å²) in [6, 6.07) is 12.7. The molecule has 1 aliphatic heterocycles. The number of halogens is 2. The standard InChI is InChI=1S/C25H30Cl2N4O3S/c1-30(17-18-8-10-19(11-9-18)25-28-14-15-29-25)23(32)7-2-3-16-31(20-12-13-20)35(33,34)24-21(26)5-4-6-22(24)27/h4-6,8-11,20H,2-3,7,12-17H2,1H3,(H,28,29). The van der Waals surface area contributed by atoms with Crippen molar-refractivity contribution in [2.75, 3.05) is 26.7 Å². The molecule has 35 heavy (non-hydrogen) atoms. The summed E-state index contributed by atoms with van der Waals surface area (Å²) in [5.74, 6) is 0.950. The lowest BCUT2D eigenvalue weighted by atomic mass is 10.1. The van der Waals surface area contributed by atoms with Crippen LogP contribution in [0, 0.1) is 0 Å². The molecule has 0 radical (unpaired) electrons. The van der Waals surface area contributed by atoms with Gasteiger partial charge in [-0.3, -0.25) is 9.79 Å². The van der Waals surface area contributed by atoms with Gasteiger partial charge in [0.15, 0.2) is 0 Å². The number of hydrogen-bond donors (Lipinski definition) is 1. The Labute approximate surface area is 217 Å². The van der Waals surface area contributed by atoms with Gasteiger partial charge in [0, 0.05) is 44.7 Å². The van der Waals surface area contributed by atoms with Crippen LogP contribution in [0.1, 0.15) is 43.2 Å². The van der Waals surface area contributed by atoms with Gasteiger partial charge in [-0.2, -0.15) is 4.31 Å². The molecule has 0 unspecified atom stereocenters. The van der Waals surface area contributed by atoms with Gasteiger partial charge in [-0.05, 0) is 43.4 Å². The van der Waals surface area contributed by atoms with Crippen molar-refractivity contribution in [2.45, 2.75) is 49.6 Å². The molecule has 2 aliphatic rings. The third-order valence-electron chi connectivity index (χ3n) is 6.21. The first-order valence-corrected chi connectivity index (χ1v) is 14.0. The number of aliphatic imine (C=N–C) groups is 1. The predicted octanol–water partition coefficient (Wildman–Crippen LogP) is 4.33. The molecule has 2 aromatic carbocycles. The maximum Gasteiger partial charge on any atom is 0.246 e. The molecule has 1 amide bonds. The zero-order valence-electron chi connectivity index (χ0n) is 19.7. The van der Waals surface area contributed by atoms with Crippen molar-refractivity contribution in [1.82, 2.24) is 14.5 Å². The molecule has 7 nitrogen and oxygen atoms in total. The Balaban J connectivity index is 1.27. The summed E-state index contributed by atoms with van der Waals surface area (Å²) in [5.41, 5.74) is 2.10. The van der Waals surface area contributed by atoms with E-state index in [-0.39, 0.29) is 26.9 Å². The Kier molecular flexibility index (Phi) is 8.37. The number of benzene rings is 2. The predicted molar refractivity (Wildman–Crippen MR) is 140 cm³/mol. The number of carbonyl (C=O) groups excluding carboxylic acids is 1. The average Bonchev–Trinajstić information content (AvgIpc) is 3.50. The zero-order valence-corrected chi connectivity index (χ0v) is 22.0. The molecule has 1 saturated carbocycles. The van der Waals surface area contributed by atoms with Gasteiger partial charge in [-0.25, -0.2) is 8.42 Å². The molecule has 1 aliphatic carbocycles. The molecule has 1 N–H and O–H groups in total. The van der Waals surface area contributed by atoms with Crippen LogP contribution in [0.15, 0.2) is 52.4 Å². The Hall–Kier alpha value is -2.13. The van der Waals surface area contributed by atoms with Crippen LogP contribution in [0.4, 0.5) is 0 Å². The van der Waals surface area contributed by atoms with Crippen LogP contribution in [-0.2, 0) is 21.4 Å². The molecule has 0 atom stereocenters. The maximum atomic E-state index is 13.3. The lowest BCUT2D eigenvalue weighted by Crippen LogP contribution is -2.34. The van der Waals surface area contributed by atoms with Crippen LogP contribution >= 0.6 is 23.2 Å². The van der Waals surface area contributed by atoms with Crippen LogP contribution in [0.25, 0.3) is 0 Å². The maximum absolute atomic E-state index is 13.3. The highest BCUT2D eigenvalue weighted by Gasteiger charge is 2.39. The van der Waals surface area contributed by atoms with Crippen molar-refractivity contribution in [1.29, 1.82) is 0 Å². The van der Waals surface area contributed by atoms with Gasteiger partial charge >= 0.3 is 0 Å². The smallest absolute Gasteiger partial charge is 0.246 e. The average molecular weight is 538 g/mol. The van der Waals surface area contributed by atoms with Gasteiger partial charge in [0.1, 0.15) is 10.7 Å². The van der Waals surface area contributed by atoms with E-state index in [1.54, 1.807) is 18.0 Å². The highest BCUT2D eigenvalue weighted by molar-refractivity contribution is 7.89. The number of carbonyl (C=O) groups is 1. The molecule has 0 saturated heterocycles. The molecule has 0 aromatic heterocycles. The number of unbranched alkanes of at least 4 members (excludes halogenated alkanes) is 1. The molecule has 188 valence electrons. The molecule has 1 fully saturated rings. The van der Waals surface area contributed by atoms with Crippen molar-refractivity contribution in [3.63, 3.8) is 0 Å². The molecule has 10 heteroatoms. The minimum Gasteiger partial charge on any atom is -0.368 e. The fraction of sp³-hybridized carbons (Fsp3) is 0.440. The highest BCUT2D eigenvalue weighted by Crippen LogP contribution is 2.37. The highest BCUT2D eigenvalue weighted by atomic mass is 35.5. The summed E-state index contributed by atoms with van der Waals surface area (Å²) < 4.78 is 28.0. The van der Waals surface area contributed by atoms with E-state index in [1.807, 2.05) is 24.3 Å². The number of amides is 1. The van der Waals surface area contributed by atoms with Crippen LogP contribution in [0.3, 0.4) is 0 Å². The van der Waals surface area contributed by atoms with E-state index >= 15 is 0 Å². The van der Waals surface area contributed by atoms with E-state index in [0.717, 1.165) is 42.9 Å². The molecule has 4 rings (SSSR count). The van der Waals surface area contributed by atoms with Crippen LogP contribution in [-0.4, -0.2) is 62.1 Å².